The van der Waals surface area contributed by atoms with Gasteiger partial charge >= 0.3 is 6.18 Å². The molecular formula is C13H9BF3N3O. The fourth-order valence-electron chi connectivity index (χ4n) is 1.55. The van der Waals surface area contributed by atoms with Crippen LogP contribution in [0.3, 0.4) is 0 Å². The largest absolute Gasteiger partial charge is 0.433 e. The van der Waals surface area contributed by atoms with Crippen molar-refractivity contribution in [3.05, 3.63) is 47.5 Å². The molecule has 0 spiro atoms. The summed E-state index contributed by atoms with van der Waals surface area (Å²) in [4.78, 5) is 19.1. The molecule has 0 aliphatic carbocycles. The first-order chi connectivity index (χ1) is 9.77. The third-order valence-electron chi connectivity index (χ3n) is 2.70. The lowest BCUT2D eigenvalue weighted by molar-refractivity contribution is -0.141. The van der Waals surface area contributed by atoms with E-state index in [0.717, 1.165) is 6.20 Å². The Bertz CT molecular complexity index is 689. The number of nitrogens with one attached hydrogen (secondary N) is 1. The Morgan fingerprint density at radius 1 is 1.29 bits per heavy atom. The molecule has 0 saturated carbocycles. The Kier molecular flexibility index (Phi) is 3.97. The van der Waals surface area contributed by atoms with Gasteiger partial charge in [-0.3, -0.25) is 14.8 Å². The third-order valence-corrected chi connectivity index (χ3v) is 2.70. The number of alkyl halides is 3. The zero-order chi connectivity index (χ0) is 15.6. The van der Waals surface area contributed by atoms with E-state index in [1.165, 1.54) is 18.3 Å². The van der Waals surface area contributed by atoms with Crippen molar-refractivity contribution in [2.45, 2.75) is 13.1 Å². The van der Waals surface area contributed by atoms with Crippen molar-refractivity contribution < 1.29 is 18.0 Å². The number of aryl methyl sites for hydroxylation is 1. The Balaban J connectivity index is 2.22. The molecule has 4 nitrogen and oxygen atoms in total. The molecule has 0 aromatic carbocycles. The number of halogens is 3. The number of hydrogen-bond acceptors (Lipinski definition) is 3. The number of pyridine rings is 2. The fraction of sp³-hybridized carbons (Fsp3) is 0.154. The highest BCUT2D eigenvalue weighted by Crippen LogP contribution is 2.27. The van der Waals surface area contributed by atoms with Gasteiger partial charge in [0.2, 0.25) is 0 Å². The average molecular weight is 291 g/mol. The first-order valence-electron chi connectivity index (χ1n) is 5.84. The van der Waals surface area contributed by atoms with Gasteiger partial charge in [0.15, 0.2) is 0 Å². The number of carbonyl (C=O) groups is 1. The van der Waals surface area contributed by atoms with Crippen molar-refractivity contribution >= 4 is 24.9 Å². The van der Waals surface area contributed by atoms with Crippen molar-refractivity contribution in [3.63, 3.8) is 0 Å². The van der Waals surface area contributed by atoms with Crippen LogP contribution in [0.15, 0.2) is 30.6 Å². The van der Waals surface area contributed by atoms with Gasteiger partial charge in [-0.15, -0.1) is 0 Å². The highest BCUT2D eigenvalue weighted by Gasteiger charge is 2.32. The molecule has 0 unspecified atom stereocenters. The molecule has 1 amide bonds. The minimum Gasteiger partial charge on any atom is -0.321 e. The molecule has 8 heteroatoms. The van der Waals surface area contributed by atoms with E-state index in [-0.39, 0.29) is 5.56 Å². The number of amides is 1. The maximum Gasteiger partial charge on any atom is 0.433 e. The summed E-state index contributed by atoms with van der Waals surface area (Å²) in [5, 5.41) is 2.43. The second-order valence-electron chi connectivity index (χ2n) is 4.28. The van der Waals surface area contributed by atoms with Gasteiger partial charge in [-0.1, -0.05) is 5.46 Å². The number of nitrogens with zero attached hydrogens (tertiary/aromatic N) is 2. The van der Waals surface area contributed by atoms with Gasteiger partial charge in [-0.05, 0) is 25.1 Å². The zero-order valence-corrected chi connectivity index (χ0v) is 10.9. The Morgan fingerprint density at radius 2 is 2.00 bits per heavy atom. The van der Waals surface area contributed by atoms with Crippen LogP contribution in [0.4, 0.5) is 18.9 Å². The van der Waals surface area contributed by atoms with Crippen LogP contribution in [-0.4, -0.2) is 23.7 Å². The Morgan fingerprint density at radius 3 is 2.62 bits per heavy atom. The van der Waals surface area contributed by atoms with E-state index in [1.807, 2.05) is 0 Å². The molecule has 0 aliphatic rings. The summed E-state index contributed by atoms with van der Waals surface area (Å²) >= 11 is 0. The molecule has 0 aliphatic heterocycles. The maximum atomic E-state index is 12.5. The first kappa shape index (κ1) is 15.0. The Labute approximate surface area is 119 Å². The molecule has 0 saturated heterocycles. The highest BCUT2D eigenvalue weighted by molar-refractivity contribution is 6.33. The number of hydrogen-bond donors (Lipinski definition) is 1. The van der Waals surface area contributed by atoms with Crippen molar-refractivity contribution in [3.8, 4) is 0 Å². The minimum atomic E-state index is -4.61. The van der Waals surface area contributed by atoms with Crippen LogP contribution in [0.2, 0.25) is 0 Å². The van der Waals surface area contributed by atoms with E-state index in [9.17, 15) is 18.0 Å². The van der Waals surface area contributed by atoms with E-state index in [0.29, 0.717) is 22.9 Å². The van der Waals surface area contributed by atoms with E-state index in [2.05, 4.69) is 15.3 Å². The summed E-state index contributed by atoms with van der Waals surface area (Å²) < 4.78 is 37.6. The standard InChI is InChI=1S/C13H9BF3N3O/c1-7-10(14)5-9(6-19-7)20-12(21)8-2-3-18-11(4-8)13(15,16)17/h2-6H,1H3,(H,20,21). The normalized spacial score (nSPS) is 11.2. The molecule has 0 bridgehead atoms. The van der Waals surface area contributed by atoms with E-state index >= 15 is 0 Å². The SMILES string of the molecule is [B]c1cc(NC(=O)c2ccnc(C(F)(F)F)c2)cnc1C. The van der Waals surface area contributed by atoms with Gasteiger partial charge in [0, 0.05) is 17.5 Å². The van der Waals surface area contributed by atoms with Crippen molar-refractivity contribution in [2.24, 2.45) is 0 Å². The molecular weight excluding hydrogens is 282 g/mol. The van der Waals surface area contributed by atoms with Gasteiger partial charge in [-0.2, -0.15) is 13.2 Å². The summed E-state index contributed by atoms with van der Waals surface area (Å²) in [5.74, 6) is -0.701. The number of carbonyl (C=O) groups excluding carboxylic acids is 1. The van der Waals surface area contributed by atoms with Crippen LogP contribution < -0.4 is 10.8 Å². The van der Waals surface area contributed by atoms with Crippen molar-refractivity contribution in [1.29, 1.82) is 0 Å². The molecule has 2 aromatic rings. The van der Waals surface area contributed by atoms with Gasteiger partial charge in [0.1, 0.15) is 13.5 Å². The predicted octanol–water partition coefficient (Wildman–Crippen LogP) is 1.85. The number of anilines is 1. The topological polar surface area (TPSA) is 54.9 Å². The average Bonchev–Trinajstić information content (AvgIpc) is 2.42. The maximum absolute atomic E-state index is 12.5. The van der Waals surface area contributed by atoms with Crippen molar-refractivity contribution in [1.82, 2.24) is 9.97 Å². The smallest absolute Gasteiger partial charge is 0.321 e. The quantitative estimate of drug-likeness (QED) is 0.859. The van der Waals surface area contributed by atoms with Gasteiger partial charge in [0.05, 0.1) is 11.9 Å². The second-order valence-corrected chi connectivity index (χ2v) is 4.28. The monoisotopic (exact) mass is 291 g/mol. The fourth-order valence-corrected chi connectivity index (χ4v) is 1.55. The molecule has 106 valence electrons. The third kappa shape index (κ3) is 3.59. The zero-order valence-electron chi connectivity index (χ0n) is 10.9. The molecule has 2 rings (SSSR count). The summed E-state index contributed by atoms with van der Waals surface area (Å²) in [6, 6.07) is 3.35. The van der Waals surface area contributed by atoms with Crippen LogP contribution in [0.25, 0.3) is 0 Å². The summed E-state index contributed by atoms with van der Waals surface area (Å²) in [6.45, 7) is 1.69. The van der Waals surface area contributed by atoms with Crippen LogP contribution in [0, 0.1) is 6.92 Å². The van der Waals surface area contributed by atoms with Gasteiger partial charge in [-0.25, -0.2) is 0 Å². The lowest BCUT2D eigenvalue weighted by Gasteiger charge is -2.09. The lowest BCUT2D eigenvalue weighted by Crippen LogP contribution is -2.17. The van der Waals surface area contributed by atoms with E-state index in [1.54, 1.807) is 6.92 Å². The minimum absolute atomic E-state index is 0.156. The van der Waals surface area contributed by atoms with Crippen LogP contribution in [0.1, 0.15) is 21.7 Å². The van der Waals surface area contributed by atoms with Gasteiger partial charge in [0.25, 0.3) is 5.91 Å². The molecule has 2 aromatic heterocycles. The van der Waals surface area contributed by atoms with Crippen LogP contribution in [-0.2, 0) is 6.18 Å². The summed E-state index contributed by atoms with van der Waals surface area (Å²) in [7, 11) is 5.64. The predicted molar refractivity (Wildman–Crippen MR) is 71.6 cm³/mol. The highest BCUT2D eigenvalue weighted by atomic mass is 19.4. The molecule has 0 atom stereocenters. The second kappa shape index (κ2) is 5.55. The molecule has 2 heterocycles. The summed E-state index contributed by atoms with van der Waals surface area (Å²) in [6.07, 6.45) is -2.30. The first-order valence-corrected chi connectivity index (χ1v) is 5.84. The van der Waals surface area contributed by atoms with E-state index < -0.39 is 17.8 Å². The van der Waals surface area contributed by atoms with Crippen LogP contribution in [0.5, 0.6) is 0 Å². The van der Waals surface area contributed by atoms with Crippen LogP contribution >= 0.6 is 0 Å². The number of rotatable bonds is 2. The molecule has 21 heavy (non-hydrogen) atoms. The number of aromatic nitrogens is 2. The van der Waals surface area contributed by atoms with E-state index in [4.69, 9.17) is 7.85 Å². The van der Waals surface area contributed by atoms with Crippen molar-refractivity contribution in [2.75, 3.05) is 5.32 Å². The molecule has 2 radical (unpaired) electrons. The molecule has 1 N–H and O–H groups in total. The van der Waals surface area contributed by atoms with Gasteiger partial charge < -0.3 is 5.32 Å². The Hall–Kier alpha value is -2.38. The lowest BCUT2D eigenvalue weighted by atomic mass is 9.94. The molecule has 0 fully saturated rings. The summed E-state index contributed by atoms with van der Waals surface area (Å²) in [5.41, 5.74) is -0.0172.